The van der Waals surface area contributed by atoms with Crippen LogP contribution < -0.4 is 20.5 Å². The Morgan fingerprint density at radius 2 is 1.02 bits per heavy atom. The minimum atomic E-state index is -4.36. The maximum absolute atomic E-state index is 13.4. The first-order chi connectivity index (χ1) is 46.0. The van der Waals surface area contributed by atoms with Gasteiger partial charge in [0.1, 0.15) is 33.1 Å². The summed E-state index contributed by atoms with van der Waals surface area (Å²) < 4.78 is 63.7. The number of carbonyl (C=O) groups excluding carboxylic acids is 3. The number of carbonyl (C=O) groups is 4. The Balaban J connectivity index is 0.000000214. The second-order valence-corrected chi connectivity index (χ2v) is 34.5. The summed E-state index contributed by atoms with van der Waals surface area (Å²) in [7, 11) is -8.27. The summed E-state index contributed by atoms with van der Waals surface area (Å²) in [6.07, 6.45) is 13.1. The predicted octanol–water partition coefficient (Wildman–Crippen LogP) is 14.4. The minimum absolute atomic E-state index is 0.00570. The largest absolute Gasteiger partial charge is 0.478 e. The van der Waals surface area contributed by atoms with E-state index in [1.807, 2.05) is 87.7 Å². The number of nitrogens with two attached hydrogens (primary N) is 1. The van der Waals surface area contributed by atoms with E-state index in [4.69, 9.17) is 42.9 Å². The number of sulfonamides is 2. The normalized spacial score (nSPS) is 18.9. The molecule has 2 aliphatic carbocycles. The molecule has 2 fully saturated rings. The van der Waals surface area contributed by atoms with E-state index >= 15 is 0 Å². The van der Waals surface area contributed by atoms with Crippen LogP contribution in [0.3, 0.4) is 0 Å². The average molecular weight is 1440 g/mol. The number of rotatable bonds is 17. The lowest BCUT2D eigenvalue weighted by Crippen LogP contribution is -2.45. The number of nitrogens with one attached hydrogen (secondary N) is 3. The van der Waals surface area contributed by atoms with Gasteiger partial charge in [-0.1, -0.05) is 75.2 Å². The van der Waals surface area contributed by atoms with Crippen molar-refractivity contribution in [1.82, 2.24) is 44.4 Å². The van der Waals surface area contributed by atoms with Crippen LogP contribution >= 0.6 is 23.2 Å². The highest BCUT2D eigenvalue weighted by atomic mass is 35.5. The van der Waals surface area contributed by atoms with Crippen LogP contribution in [0.1, 0.15) is 228 Å². The van der Waals surface area contributed by atoms with E-state index in [-0.39, 0.29) is 83.6 Å². The van der Waals surface area contributed by atoms with Gasteiger partial charge in [0.25, 0.3) is 26.0 Å². The zero-order valence-electron chi connectivity index (χ0n) is 59.2. The highest BCUT2D eigenvalue weighted by molar-refractivity contribution is 7.90. The molecule has 0 aromatic carbocycles. The number of pyridine rings is 6. The molecule has 2 aliphatic heterocycles. The van der Waals surface area contributed by atoms with E-state index in [9.17, 15) is 36.0 Å². The summed E-state index contributed by atoms with van der Waals surface area (Å²) in [6.45, 7) is 29.0. The van der Waals surface area contributed by atoms with Crippen LogP contribution in [0.15, 0.2) is 107 Å². The number of aromatic nitrogens is 6. The SMILES string of the molecule is CC(C)(C)OC(=O)N1C[C@@H](CCC(Nc2cccc(S(=O)(=O)NC(=O)c3cc4c(nc3Cl)C(C)(C)CCC4)n2)c2ccccn2)CC1(C)C.CC(C)(C)OC(=O)N1C[C@@H](CCC(Nc2cccc(S(N)(=O)=O)n2)c2ccccn2)CC1(C)C.CC1(C)CCCc2cc(C(=O)O)c(Cl)nc21. The molecule has 6 aromatic heterocycles. The van der Waals surface area contributed by atoms with Crippen LogP contribution in [-0.4, -0.2) is 121 Å². The van der Waals surface area contributed by atoms with Gasteiger partial charge >= 0.3 is 18.2 Å². The lowest BCUT2D eigenvalue weighted by Gasteiger charge is -2.33. The van der Waals surface area contributed by atoms with Crippen LogP contribution in [0, 0.1) is 11.8 Å². The van der Waals surface area contributed by atoms with Crippen molar-refractivity contribution >= 4 is 78.9 Å². The van der Waals surface area contributed by atoms with Crippen molar-refractivity contribution < 1.29 is 50.6 Å². The lowest BCUT2D eigenvalue weighted by atomic mass is 9.76. The molecule has 3 amide bonds. The zero-order valence-corrected chi connectivity index (χ0v) is 62.3. The molecule has 0 spiro atoms. The predicted molar refractivity (Wildman–Crippen MR) is 382 cm³/mol. The molecule has 99 heavy (non-hydrogen) atoms. The Kier molecular flexibility index (Phi) is 23.9. The van der Waals surface area contributed by atoms with Gasteiger partial charge in [-0.2, -0.15) is 8.42 Å². The summed E-state index contributed by atoms with van der Waals surface area (Å²) in [4.78, 5) is 79.9. The Labute approximate surface area is 593 Å². The number of amides is 3. The average Bonchev–Trinajstić information content (AvgIpc) is 1.60. The molecule has 536 valence electrons. The van der Waals surface area contributed by atoms with Crippen LogP contribution in [0.2, 0.25) is 10.3 Å². The highest BCUT2D eigenvalue weighted by Gasteiger charge is 2.45. The molecule has 10 rings (SSSR count). The molecule has 0 saturated carbocycles. The van der Waals surface area contributed by atoms with Crippen molar-refractivity contribution in [2.45, 2.75) is 229 Å². The van der Waals surface area contributed by atoms with Gasteiger partial charge in [0.15, 0.2) is 10.1 Å². The van der Waals surface area contributed by atoms with Crippen molar-refractivity contribution in [2.24, 2.45) is 17.0 Å². The molecule has 6 aromatic rings. The van der Waals surface area contributed by atoms with Gasteiger partial charge in [-0.25, -0.2) is 52.6 Å². The molecule has 23 nitrogen and oxygen atoms in total. The number of fused-ring (bicyclic) bond motifs is 2. The summed E-state index contributed by atoms with van der Waals surface area (Å²) in [5.41, 5.74) is 3.45. The Hall–Kier alpha value is -7.58. The van der Waals surface area contributed by atoms with Crippen LogP contribution in [-0.2, 0) is 53.2 Å². The topological polar surface area (TPSA) is 321 Å². The van der Waals surface area contributed by atoms with Crippen LogP contribution in [0.4, 0.5) is 21.2 Å². The Morgan fingerprint density at radius 1 is 0.606 bits per heavy atom. The number of carboxylic acid groups (broad SMARTS) is 1. The first-order valence-corrected chi connectivity index (χ1v) is 37.3. The summed E-state index contributed by atoms with van der Waals surface area (Å²) in [6, 6.07) is 23.4. The maximum Gasteiger partial charge on any atom is 0.410 e. The summed E-state index contributed by atoms with van der Waals surface area (Å²) in [5.74, 6) is -0.646. The number of carboxylic acids is 1. The molecule has 2 saturated heterocycles. The molecular formula is C72H96Cl2N12O11S2. The molecule has 4 aliphatic rings. The fourth-order valence-electron chi connectivity index (χ4n) is 13.5. The Morgan fingerprint density at radius 3 is 1.42 bits per heavy atom. The number of hydrogen-bond donors (Lipinski definition) is 5. The smallest absolute Gasteiger partial charge is 0.410 e. The third kappa shape index (κ3) is 20.6. The number of aryl methyl sites for hydroxylation is 2. The van der Waals surface area contributed by atoms with Crippen LogP contribution in [0.5, 0.6) is 0 Å². The lowest BCUT2D eigenvalue weighted by molar-refractivity contribution is 0.0118. The number of aromatic carboxylic acids is 1. The molecule has 6 N–H and O–H groups in total. The van der Waals surface area contributed by atoms with Crippen LogP contribution in [0.25, 0.3) is 0 Å². The molecule has 0 radical (unpaired) electrons. The van der Waals surface area contributed by atoms with Crippen molar-refractivity contribution in [2.75, 3.05) is 23.7 Å². The second-order valence-electron chi connectivity index (χ2n) is 30.7. The first kappa shape index (κ1) is 77.2. The molecule has 27 heteroatoms. The Bertz CT molecular complexity index is 4130. The summed E-state index contributed by atoms with van der Waals surface area (Å²) >= 11 is 12.3. The van der Waals surface area contributed by atoms with Gasteiger partial charge in [-0.3, -0.25) is 14.8 Å². The van der Waals surface area contributed by atoms with Gasteiger partial charge in [-0.05, 0) is 230 Å². The van der Waals surface area contributed by atoms with Gasteiger partial charge < -0.3 is 35.0 Å². The van der Waals surface area contributed by atoms with Gasteiger partial charge in [0, 0.05) is 47.4 Å². The monoisotopic (exact) mass is 1440 g/mol. The van der Waals surface area contributed by atoms with Gasteiger partial charge in [-0.15, -0.1) is 0 Å². The third-order valence-electron chi connectivity index (χ3n) is 18.2. The number of primary sulfonamides is 1. The molecule has 2 unspecified atom stereocenters. The minimum Gasteiger partial charge on any atom is -0.478 e. The highest BCUT2D eigenvalue weighted by Crippen LogP contribution is 2.42. The number of hydrogen-bond acceptors (Lipinski definition) is 18. The van der Waals surface area contributed by atoms with Gasteiger partial charge in [0.2, 0.25) is 0 Å². The molecule has 8 heterocycles. The van der Waals surface area contributed by atoms with E-state index < -0.39 is 43.1 Å². The zero-order chi connectivity index (χ0) is 72.8. The number of ether oxygens (including phenoxy) is 2. The number of halogens is 2. The number of nitrogens with zero attached hydrogens (tertiary/aromatic N) is 8. The molecular weight excluding hydrogens is 1340 g/mol. The summed E-state index contributed by atoms with van der Waals surface area (Å²) in [5, 5.41) is 20.4. The fourth-order valence-corrected chi connectivity index (χ4v) is 15.4. The van der Waals surface area contributed by atoms with E-state index in [0.29, 0.717) is 37.1 Å². The standard InChI is InChI=1S/C36H47ClN6O5S.C24H35N5O4S.C12H14ClNO2/c1-34(2,3)48-33(45)43-22-23(21-36(43,6)7)16-17-27(26-13-8-9-19-38-26)39-28-14-10-15-29(40-28)49(46,47)42-32(44)25-20-24-12-11-18-35(4,5)30(24)41-31(25)37;1-23(2,3)33-22(30)29-16-17(15-24(29,4)5)12-13-19(18-9-6-7-14-26-18)27-20-10-8-11-21(28-20)34(25,31)32;1-12(2)5-3-4-7-6-8(11(15)16)10(13)14-9(7)12/h8-10,13-15,19-20,23,27H,11-12,16-18,21-22H2,1-7H3,(H,39,40)(H,42,44);6-11,14,17,19H,12-13,15-16H2,1-5H3,(H,27,28)(H2,25,31,32);6H,3-5H2,1-2H3,(H,15,16)/t23-,27?;17-,19?;/m00./s1. The first-order valence-electron chi connectivity index (χ1n) is 33.5. The van der Waals surface area contributed by atoms with E-state index in [1.54, 1.807) is 48.8 Å². The third-order valence-corrected chi connectivity index (χ3v) is 20.8. The quantitative estimate of drug-likeness (QED) is 0.0530. The van der Waals surface area contributed by atoms with E-state index in [0.717, 1.165) is 105 Å². The number of likely N-dealkylation sites (tertiary alicyclic amines) is 2. The number of anilines is 2. The van der Waals surface area contributed by atoms with E-state index in [1.165, 1.54) is 12.1 Å². The fraction of sp³-hybridized carbons (Fsp3) is 0.528. The molecule has 4 atom stereocenters. The van der Waals surface area contributed by atoms with Crippen molar-refractivity contribution in [1.29, 1.82) is 0 Å². The van der Waals surface area contributed by atoms with Crippen molar-refractivity contribution in [3.63, 3.8) is 0 Å². The second kappa shape index (κ2) is 30.7. The van der Waals surface area contributed by atoms with Gasteiger partial charge in [0.05, 0.1) is 46.0 Å². The van der Waals surface area contributed by atoms with Crippen molar-refractivity contribution in [3.05, 3.63) is 153 Å². The van der Waals surface area contributed by atoms with E-state index in [2.05, 4.69) is 101 Å². The van der Waals surface area contributed by atoms with Crippen molar-refractivity contribution in [3.8, 4) is 0 Å². The maximum atomic E-state index is 13.4. The molecule has 0 bridgehead atoms.